The molecule has 0 aliphatic rings. The molecular weight excluding hydrogens is 249 g/mol. The number of rotatable bonds is 5. The molecule has 0 aliphatic carbocycles. The monoisotopic (exact) mass is 263 g/mol. The summed E-state index contributed by atoms with van der Waals surface area (Å²) in [5, 5.41) is 12.1. The highest BCUT2D eigenvalue weighted by atomic mass is 19.1. The first-order valence-electron chi connectivity index (χ1n) is 5.86. The third kappa shape index (κ3) is 3.20. The van der Waals surface area contributed by atoms with Crippen molar-refractivity contribution in [3.8, 4) is 0 Å². The Labute approximate surface area is 109 Å². The molecule has 1 aromatic carbocycles. The largest absolute Gasteiger partial charge is 0.475 e. The Hall–Kier alpha value is -2.14. The van der Waals surface area contributed by atoms with E-state index in [1.165, 1.54) is 18.4 Å². The van der Waals surface area contributed by atoms with E-state index in [0.717, 1.165) is 5.56 Å². The molecule has 0 saturated heterocycles. The van der Waals surface area contributed by atoms with E-state index >= 15 is 0 Å². The van der Waals surface area contributed by atoms with Crippen molar-refractivity contribution in [2.24, 2.45) is 0 Å². The Morgan fingerprint density at radius 3 is 2.68 bits per heavy atom. The van der Waals surface area contributed by atoms with Crippen molar-refractivity contribution in [3.63, 3.8) is 0 Å². The van der Waals surface area contributed by atoms with E-state index in [9.17, 15) is 9.18 Å². The Kier molecular flexibility index (Phi) is 3.97. The maximum atomic E-state index is 12.8. The van der Waals surface area contributed by atoms with Gasteiger partial charge in [-0.25, -0.2) is 9.18 Å². The van der Waals surface area contributed by atoms with Crippen molar-refractivity contribution < 1.29 is 18.7 Å². The first-order valence-corrected chi connectivity index (χ1v) is 5.86. The predicted octanol–water partition coefficient (Wildman–Crippen LogP) is 2.97. The minimum atomic E-state index is -1.09. The molecular formula is C14H14FNO3. The summed E-state index contributed by atoms with van der Waals surface area (Å²) in [5.41, 5.74) is 1.52. The standard InChI is InChI=1S/C14H14FNO3/c1-9(10-2-4-12(15)5-3-10)16-8-11-6-7-19-13(11)14(17)18/h2-7,9,16H,8H2,1H3,(H,17,18)/t9-/m0/s1. The highest BCUT2D eigenvalue weighted by Crippen LogP contribution is 2.15. The van der Waals surface area contributed by atoms with Gasteiger partial charge in [0.25, 0.3) is 0 Å². The van der Waals surface area contributed by atoms with Crippen LogP contribution in [0.15, 0.2) is 41.0 Å². The fraction of sp³-hybridized carbons (Fsp3) is 0.214. The minimum absolute atomic E-state index is 0.0165. The molecule has 2 rings (SSSR count). The van der Waals surface area contributed by atoms with Crippen LogP contribution in [0.2, 0.25) is 0 Å². The number of nitrogens with one attached hydrogen (secondary N) is 1. The average Bonchev–Trinajstić information content (AvgIpc) is 2.85. The molecule has 0 unspecified atom stereocenters. The predicted molar refractivity (Wildman–Crippen MR) is 67.3 cm³/mol. The summed E-state index contributed by atoms with van der Waals surface area (Å²) in [6, 6.07) is 7.79. The minimum Gasteiger partial charge on any atom is -0.475 e. The van der Waals surface area contributed by atoms with Crippen LogP contribution >= 0.6 is 0 Å². The van der Waals surface area contributed by atoms with E-state index < -0.39 is 5.97 Å². The summed E-state index contributed by atoms with van der Waals surface area (Å²) in [4.78, 5) is 10.9. The molecule has 2 aromatic rings. The van der Waals surface area contributed by atoms with Crippen molar-refractivity contribution in [3.05, 3.63) is 59.3 Å². The van der Waals surface area contributed by atoms with E-state index in [-0.39, 0.29) is 17.6 Å². The third-order valence-corrected chi connectivity index (χ3v) is 2.91. The lowest BCUT2D eigenvalue weighted by molar-refractivity contribution is 0.0660. The molecule has 5 heteroatoms. The maximum Gasteiger partial charge on any atom is 0.372 e. The quantitative estimate of drug-likeness (QED) is 0.870. The molecule has 0 fully saturated rings. The van der Waals surface area contributed by atoms with E-state index in [2.05, 4.69) is 5.32 Å². The second kappa shape index (κ2) is 5.67. The van der Waals surface area contributed by atoms with Gasteiger partial charge in [-0.1, -0.05) is 12.1 Å². The summed E-state index contributed by atoms with van der Waals surface area (Å²) >= 11 is 0. The van der Waals surface area contributed by atoms with E-state index in [1.807, 2.05) is 6.92 Å². The molecule has 1 aromatic heterocycles. The van der Waals surface area contributed by atoms with Gasteiger partial charge in [0.15, 0.2) is 0 Å². The summed E-state index contributed by atoms with van der Waals surface area (Å²) in [7, 11) is 0. The molecule has 4 nitrogen and oxygen atoms in total. The highest BCUT2D eigenvalue weighted by Gasteiger charge is 2.14. The second-order valence-corrected chi connectivity index (χ2v) is 4.23. The lowest BCUT2D eigenvalue weighted by Gasteiger charge is -2.13. The topological polar surface area (TPSA) is 62.5 Å². The lowest BCUT2D eigenvalue weighted by atomic mass is 10.1. The van der Waals surface area contributed by atoms with Crippen LogP contribution in [0.1, 0.15) is 34.6 Å². The Bertz CT molecular complexity index is 562. The highest BCUT2D eigenvalue weighted by molar-refractivity contribution is 5.86. The van der Waals surface area contributed by atoms with E-state index in [4.69, 9.17) is 9.52 Å². The number of furan rings is 1. The first kappa shape index (κ1) is 13.3. The number of carbonyl (C=O) groups is 1. The molecule has 0 bridgehead atoms. The zero-order chi connectivity index (χ0) is 13.8. The molecule has 0 radical (unpaired) electrons. The van der Waals surface area contributed by atoms with Crippen LogP contribution in [0.25, 0.3) is 0 Å². The number of halogens is 1. The molecule has 0 amide bonds. The Morgan fingerprint density at radius 2 is 2.05 bits per heavy atom. The van der Waals surface area contributed by atoms with Crippen molar-refractivity contribution in [2.45, 2.75) is 19.5 Å². The van der Waals surface area contributed by atoms with Gasteiger partial charge in [-0.15, -0.1) is 0 Å². The number of carboxylic acid groups (broad SMARTS) is 1. The zero-order valence-corrected chi connectivity index (χ0v) is 10.4. The molecule has 1 atom stereocenters. The van der Waals surface area contributed by atoms with Gasteiger partial charge in [-0.05, 0) is 30.7 Å². The number of hydrogen-bond acceptors (Lipinski definition) is 3. The molecule has 0 spiro atoms. The molecule has 100 valence electrons. The lowest BCUT2D eigenvalue weighted by Crippen LogP contribution is -2.19. The fourth-order valence-corrected chi connectivity index (χ4v) is 1.79. The van der Waals surface area contributed by atoms with Crippen molar-refractivity contribution in [1.82, 2.24) is 5.32 Å². The van der Waals surface area contributed by atoms with Crippen LogP contribution < -0.4 is 5.32 Å². The normalized spacial score (nSPS) is 12.3. The van der Waals surface area contributed by atoms with Crippen LogP contribution in [0, 0.1) is 5.82 Å². The van der Waals surface area contributed by atoms with Crippen molar-refractivity contribution in [2.75, 3.05) is 0 Å². The third-order valence-electron chi connectivity index (χ3n) is 2.91. The van der Waals surface area contributed by atoms with Gasteiger partial charge < -0.3 is 14.8 Å². The van der Waals surface area contributed by atoms with Gasteiger partial charge in [-0.3, -0.25) is 0 Å². The molecule has 1 heterocycles. The zero-order valence-electron chi connectivity index (χ0n) is 10.4. The average molecular weight is 263 g/mol. The van der Waals surface area contributed by atoms with Gasteiger partial charge in [-0.2, -0.15) is 0 Å². The number of benzene rings is 1. The molecule has 0 saturated carbocycles. The summed E-state index contributed by atoms with van der Waals surface area (Å²) in [5.74, 6) is -1.42. The summed E-state index contributed by atoms with van der Waals surface area (Å²) in [6.45, 7) is 2.30. The van der Waals surface area contributed by atoms with E-state index in [1.54, 1.807) is 18.2 Å². The van der Waals surface area contributed by atoms with Gasteiger partial charge in [0.2, 0.25) is 5.76 Å². The van der Waals surface area contributed by atoms with Gasteiger partial charge in [0.05, 0.1) is 6.26 Å². The molecule has 0 aliphatic heterocycles. The van der Waals surface area contributed by atoms with Crippen LogP contribution in [0.5, 0.6) is 0 Å². The van der Waals surface area contributed by atoms with Gasteiger partial charge >= 0.3 is 5.97 Å². The Balaban J connectivity index is 2.00. The number of aromatic carboxylic acids is 1. The van der Waals surface area contributed by atoms with Crippen molar-refractivity contribution >= 4 is 5.97 Å². The fourth-order valence-electron chi connectivity index (χ4n) is 1.79. The van der Waals surface area contributed by atoms with Gasteiger partial charge in [0.1, 0.15) is 5.82 Å². The SMILES string of the molecule is C[C@H](NCc1ccoc1C(=O)O)c1ccc(F)cc1. The maximum absolute atomic E-state index is 12.8. The summed E-state index contributed by atoms with van der Waals surface area (Å²) in [6.07, 6.45) is 1.35. The second-order valence-electron chi connectivity index (χ2n) is 4.23. The molecule has 2 N–H and O–H groups in total. The Morgan fingerprint density at radius 1 is 1.37 bits per heavy atom. The smallest absolute Gasteiger partial charge is 0.372 e. The molecule has 19 heavy (non-hydrogen) atoms. The van der Waals surface area contributed by atoms with Crippen LogP contribution in [-0.4, -0.2) is 11.1 Å². The van der Waals surface area contributed by atoms with Crippen LogP contribution in [-0.2, 0) is 6.54 Å². The van der Waals surface area contributed by atoms with Crippen LogP contribution in [0.4, 0.5) is 4.39 Å². The van der Waals surface area contributed by atoms with Gasteiger partial charge in [0, 0.05) is 18.2 Å². The van der Waals surface area contributed by atoms with E-state index in [0.29, 0.717) is 12.1 Å². The first-order chi connectivity index (χ1) is 9.08. The number of carboxylic acids is 1. The number of hydrogen-bond donors (Lipinski definition) is 2. The summed E-state index contributed by atoms with van der Waals surface area (Å²) < 4.78 is 17.7. The van der Waals surface area contributed by atoms with Crippen molar-refractivity contribution in [1.29, 1.82) is 0 Å². The van der Waals surface area contributed by atoms with Crippen LogP contribution in [0.3, 0.4) is 0 Å².